The molecule has 0 fully saturated rings. The molecular weight excluding hydrogens is 226 g/mol. The van der Waals surface area contributed by atoms with Gasteiger partial charge in [0.25, 0.3) is 0 Å². The third-order valence-electron chi connectivity index (χ3n) is 1.97. The van der Waals surface area contributed by atoms with Crippen molar-refractivity contribution in [2.45, 2.75) is 10.8 Å². The molecule has 0 radical (unpaired) electrons. The number of rotatable bonds is 3. The maximum atomic E-state index is 6.06. The summed E-state index contributed by atoms with van der Waals surface area (Å²) < 4.78 is 0. The number of benzene rings is 1. The van der Waals surface area contributed by atoms with Gasteiger partial charge in [-0.2, -0.15) is 0 Å². The van der Waals surface area contributed by atoms with Gasteiger partial charge in [0.15, 0.2) is 0 Å². The molecule has 0 spiro atoms. The van der Waals surface area contributed by atoms with Crippen LogP contribution in [0.5, 0.6) is 0 Å². The Labute approximate surface area is 98.5 Å². The Kier molecular flexibility index (Phi) is 3.64. The van der Waals surface area contributed by atoms with Crippen LogP contribution in [0.2, 0.25) is 5.02 Å². The fourth-order valence-electron chi connectivity index (χ4n) is 1.20. The first-order chi connectivity index (χ1) is 7.36. The largest absolute Gasteiger partial charge is 0.250 e. The van der Waals surface area contributed by atoms with Gasteiger partial charge in [0, 0.05) is 17.0 Å². The standard InChI is InChI=1S/C12H10ClNS/c13-11-6-2-1-5-10(11)9-15-12-7-3-4-8-14-12/h1-8H,9H2. The van der Waals surface area contributed by atoms with Crippen molar-refractivity contribution in [1.82, 2.24) is 4.98 Å². The second kappa shape index (κ2) is 5.19. The molecule has 0 bridgehead atoms. The predicted molar refractivity (Wildman–Crippen MR) is 65.3 cm³/mol. The minimum absolute atomic E-state index is 0.820. The molecule has 0 aliphatic rings. The number of hydrogen-bond acceptors (Lipinski definition) is 2. The molecule has 2 rings (SSSR count). The molecule has 0 N–H and O–H groups in total. The Balaban J connectivity index is 2.03. The lowest BCUT2D eigenvalue weighted by Crippen LogP contribution is -1.83. The van der Waals surface area contributed by atoms with Crippen molar-refractivity contribution in [2.24, 2.45) is 0 Å². The van der Waals surface area contributed by atoms with Crippen LogP contribution < -0.4 is 0 Å². The number of thioether (sulfide) groups is 1. The highest BCUT2D eigenvalue weighted by Gasteiger charge is 2.00. The van der Waals surface area contributed by atoms with Crippen LogP contribution in [-0.4, -0.2) is 4.98 Å². The summed E-state index contributed by atoms with van der Waals surface area (Å²) in [6, 6.07) is 13.8. The van der Waals surface area contributed by atoms with Gasteiger partial charge in [-0.1, -0.05) is 35.9 Å². The van der Waals surface area contributed by atoms with Crippen LogP contribution in [0.4, 0.5) is 0 Å². The van der Waals surface area contributed by atoms with Crippen LogP contribution in [0.25, 0.3) is 0 Å². The van der Waals surface area contributed by atoms with Crippen LogP contribution in [-0.2, 0) is 5.75 Å². The zero-order chi connectivity index (χ0) is 10.5. The van der Waals surface area contributed by atoms with E-state index >= 15 is 0 Å². The molecule has 1 heterocycles. The van der Waals surface area contributed by atoms with Crippen molar-refractivity contribution in [3.8, 4) is 0 Å². The summed E-state index contributed by atoms with van der Waals surface area (Å²) in [7, 11) is 0. The summed E-state index contributed by atoms with van der Waals surface area (Å²) in [4.78, 5) is 4.24. The van der Waals surface area contributed by atoms with E-state index in [4.69, 9.17) is 11.6 Å². The van der Waals surface area contributed by atoms with Crippen LogP contribution in [0.1, 0.15) is 5.56 Å². The molecule has 0 aliphatic heterocycles. The highest BCUT2D eigenvalue weighted by molar-refractivity contribution is 7.98. The summed E-state index contributed by atoms with van der Waals surface area (Å²) in [6.45, 7) is 0. The summed E-state index contributed by atoms with van der Waals surface area (Å²) >= 11 is 7.75. The van der Waals surface area contributed by atoms with E-state index in [0.717, 1.165) is 21.4 Å². The zero-order valence-electron chi connectivity index (χ0n) is 8.06. The lowest BCUT2D eigenvalue weighted by Gasteiger charge is -2.02. The molecule has 1 aromatic carbocycles. The van der Waals surface area contributed by atoms with E-state index in [-0.39, 0.29) is 0 Å². The minimum atomic E-state index is 0.820. The molecule has 3 heteroatoms. The van der Waals surface area contributed by atoms with Gasteiger partial charge < -0.3 is 0 Å². The average molecular weight is 236 g/mol. The predicted octanol–water partition coefficient (Wildman–Crippen LogP) is 4.03. The van der Waals surface area contributed by atoms with E-state index in [1.807, 2.05) is 42.5 Å². The van der Waals surface area contributed by atoms with Gasteiger partial charge >= 0.3 is 0 Å². The van der Waals surface area contributed by atoms with Crippen molar-refractivity contribution in [2.75, 3.05) is 0 Å². The number of pyridine rings is 1. The molecule has 0 amide bonds. The highest BCUT2D eigenvalue weighted by Crippen LogP contribution is 2.24. The summed E-state index contributed by atoms with van der Waals surface area (Å²) in [6.07, 6.45) is 1.80. The summed E-state index contributed by atoms with van der Waals surface area (Å²) in [5.74, 6) is 0.858. The van der Waals surface area contributed by atoms with Crippen LogP contribution in [0.15, 0.2) is 53.7 Å². The first-order valence-electron chi connectivity index (χ1n) is 4.63. The van der Waals surface area contributed by atoms with Gasteiger partial charge in [-0.25, -0.2) is 4.98 Å². The Hall–Kier alpha value is -0.990. The molecule has 76 valence electrons. The molecule has 15 heavy (non-hydrogen) atoms. The van der Waals surface area contributed by atoms with E-state index < -0.39 is 0 Å². The number of halogens is 1. The SMILES string of the molecule is Clc1ccccc1CSc1ccccn1. The smallest absolute Gasteiger partial charge is 0.0963 e. The van der Waals surface area contributed by atoms with Gasteiger partial charge in [-0.3, -0.25) is 0 Å². The van der Waals surface area contributed by atoms with Crippen LogP contribution in [0.3, 0.4) is 0 Å². The van der Waals surface area contributed by atoms with E-state index in [1.165, 1.54) is 0 Å². The lowest BCUT2D eigenvalue weighted by atomic mass is 10.2. The molecule has 1 aromatic heterocycles. The molecule has 0 saturated heterocycles. The third-order valence-corrected chi connectivity index (χ3v) is 3.33. The molecular formula is C12H10ClNS. The second-order valence-corrected chi connectivity index (χ2v) is 4.45. The molecule has 0 saturated carbocycles. The third kappa shape index (κ3) is 2.98. The number of hydrogen-bond donors (Lipinski definition) is 0. The molecule has 1 nitrogen and oxygen atoms in total. The van der Waals surface area contributed by atoms with Crippen LogP contribution in [0, 0.1) is 0 Å². The maximum absolute atomic E-state index is 6.06. The van der Waals surface area contributed by atoms with Crippen molar-refractivity contribution < 1.29 is 0 Å². The van der Waals surface area contributed by atoms with Gasteiger partial charge in [-0.15, -0.1) is 11.8 Å². The monoisotopic (exact) mass is 235 g/mol. The van der Waals surface area contributed by atoms with Crippen molar-refractivity contribution in [1.29, 1.82) is 0 Å². The zero-order valence-corrected chi connectivity index (χ0v) is 9.63. The van der Waals surface area contributed by atoms with Crippen molar-refractivity contribution >= 4 is 23.4 Å². The van der Waals surface area contributed by atoms with Gasteiger partial charge in [0.05, 0.1) is 5.03 Å². The Morgan fingerprint density at radius 1 is 1.07 bits per heavy atom. The van der Waals surface area contributed by atoms with Gasteiger partial charge in [0.1, 0.15) is 0 Å². The number of aromatic nitrogens is 1. The van der Waals surface area contributed by atoms with E-state index in [1.54, 1.807) is 18.0 Å². The van der Waals surface area contributed by atoms with Crippen molar-refractivity contribution in [3.63, 3.8) is 0 Å². The molecule has 0 atom stereocenters. The molecule has 0 unspecified atom stereocenters. The van der Waals surface area contributed by atoms with E-state index in [0.29, 0.717) is 0 Å². The van der Waals surface area contributed by atoms with E-state index in [9.17, 15) is 0 Å². The molecule has 2 aromatic rings. The Morgan fingerprint density at radius 3 is 2.60 bits per heavy atom. The lowest BCUT2D eigenvalue weighted by molar-refractivity contribution is 1.13. The minimum Gasteiger partial charge on any atom is -0.250 e. The van der Waals surface area contributed by atoms with E-state index in [2.05, 4.69) is 4.98 Å². The average Bonchev–Trinajstić information content (AvgIpc) is 2.29. The second-order valence-electron chi connectivity index (χ2n) is 3.05. The highest BCUT2D eigenvalue weighted by atomic mass is 35.5. The van der Waals surface area contributed by atoms with Crippen molar-refractivity contribution in [3.05, 3.63) is 59.2 Å². The Morgan fingerprint density at radius 2 is 1.87 bits per heavy atom. The first kappa shape index (κ1) is 10.5. The summed E-state index contributed by atoms with van der Waals surface area (Å²) in [5, 5.41) is 1.85. The fraction of sp³-hybridized carbons (Fsp3) is 0.0833. The van der Waals surface area contributed by atoms with Gasteiger partial charge in [0.2, 0.25) is 0 Å². The fourth-order valence-corrected chi connectivity index (χ4v) is 2.35. The number of nitrogens with zero attached hydrogens (tertiary/aromatic N) is 1. The summed E-state index contributed by atoms with van der Waals surface area (Å²) in [5.41, 5.74) is 1.15. The Bertz CT molecular complexity index is 431. The first-order valence-corrected chi connectivity index (χ1v) is 6.00. The normalized spacial score (nSPS) is 10.2. The molecule has 0 aliphatic carbocycles. The van der Waals surface area contributed by atoms with Crippen LogP contribution >= 0.6 is 23.4 Å². The maximum Gasteiger partial charge on any atom is 0.0963 e. The van der Waals surface area contributed by atoms with Gasteiger partial charge in [-0.05, 0) is 23.8 Å². The quantitative estimate of drug-likeness (QED) is 0.745. The topological polar surface area (TPSA) is 12.9 Å².